The number of ether oxygens (including phenoxy) is 1. The van der Waals surface area contributed by atoms with Gasteiger partial charge in [-0.25, -0.2) is 0 Å². The molecule has 0 aromatic carbocycles. The lowest BCUT2D eigenvalue weighted by Crippen LogP contribution is -2.61. The normalized spacial score (nSPS) is 28.1. The van der Waals surface area contributed by atoms with E-state index in [0.29, 0.717) is 12.1 Å². The zero-order chi connectivity index (χ0) is 12.2. The Kier molecular flexibility index (Phi) is 5.26. The predicted molar refractivity (Wildman–Crippen MR) is 69.4 cm³/mol. The number of rotatable bonds is 7. The van der Waals surface area contributed by atoms with Gasteiger partial charge in [0.05, 0.1) is 6.10 Å². The van der Waals surface area contributed by atoms with Crippen molar-refractivity contribution in [2.75, 3.05) is 6.61 Å². The Labute approximate surface area is 101 Å². The van der Waals surface area contributed by atoms with E-state index in [0.717, 1.165) is 31.8 Å². The highest BCUT2D eigenvalue weighted by Crippen LogP contribution is 2.47. The first-order chi connectivity index (χ1) is 7.56. The van der Waals surface area contributed by atoms with Gasteiger partial charge in [-0.05, 0) is 38.0 Å². The standard InChI is InChI=1S/C14H29NO/c1-5-14(6-2)12(15)10-13(14)16-9-7-8-11(3)4/h11-13H,5-10,15H2,1-4H3. The Morgan fingerprint density at radius 3 is 2.38 bits per heavy atom. The quantitative estimate of drug-likeness (QED) is 0.677. The third kappa shape index (κ3) is 2.78. The van der Waals surface area contributed by atoms with Crippen molar-refractivity contribution < 1.29 is 4.74 Å². The molecule has 0 aromatic heterocycles. The molecule has 0 saturated heterocycles. The largest absolute Gasteiger partial charge is 0.378 e. The van der Waals surface area contributed by atoms with Gasteiger partial charge in [-0.15, -0.1) is 0 Å². The summed E-state index contributed by atoms with van der Waals surface area (Å²) in [7, 11) is 0. The highest BCUT2D eigenvalue weighted by molar-refractivity contribution is 5.05. The molecule has 2 nitrogen and oxygen atoms in total. The first-order valence-electron chi connectivity index (χ1n) is 6.94. The van der Waals surface area contributed by atoms with E-state index in [1.54, 1.807) is 0 Å². The highest BCUT2D eigenvalue weighted by atomic mass is 16.5. The fourth-order valence-corrected chi connectivity index (χ4v) is 2.96. The molecule has 1 aliphatic carbocycles. The summed E-state index contributed by atoms with van der Waals surface area (Å²) < 4.78 is 6.02. The molecule has 2 unspecified atom stereocenters. The summed E-state index contributed by atoms with van der Waals surface area (Å²) in [5.74, 6) is 0.786. The third-order valence-electron chi connectivity index (χ3n) is 4.41. The molecule has 1 saturated carbocycles. The second-order valence-electron chi connectivity index (χ2n) is 5.68. The molecule has 1 fully saturated rings. The average molecular weight is 227 g/mol. The van der Waals surface area contributed by atoms with E-state index >= 15 is 0 Å². The van der Waals surface area contributed by atoms with Crippen molar-refractivity contribution in [3.63, 3.8) is 0 Å². The molecule has 2 atom stereocenters. The van der Waals surface area contributed by atoms with Crippen LogP contribution < -0.4 is 5.73 Å². The van der Waals surface area contributed by atoms with Crippen LogP contribution >= 0.6 is 0 Å². The Balaban J connectivity index is 2.27. The van der Waals surface area contributed by atoms with Gasteiger partial charge in [0.15, 0.2) is 0 Å². The van der Waals surface area contributed by atoms with Gasteiger partial charge in [-0.2, -0.15) is 0 Å². The molecule has 0 heterocycles. The molecular weight excluding hydrogens is 198 g/mol. The van der Waals surface area contributed by atoms with Gasteiger partial charge < -0.3 is 10.5 Å². The molecule has 1 rings (SSSR count). The monoisotopic (exact) mass is 227 g/mol. The summed E-state index contributed by atoms with van der Waals surface area (Å²) in [6, 6.07) is 0.359. The van der Waals surface area contributed by atoms with E-state index in [-0.39, 0.29) is 5.41 Å². The van der Waals surface area contributed by atoms with Crippen molar-refractivity contribution >= 4 is 0 Å². The minimum Gasteiger partial charge on any atom is -0.378 e. The van der Waals surface area contributed by atoms with E-state index in [2.05, 4.69) is 27.7 Å². The van der Waals surface area contributed by atoms with Crippen molar-refractivity contribution in [3.8, 4) is 0 Å². The SMILES string of the molecule is CCC1(CC)C(N)CC1OCCCC(C)C. The van der Waals surface area contributed by atoms with Crippen molar-refractivity contribution in [3.05, 3.63) is 0 Å². The fourth-order valence-electron chi connectivity index (χ4n) is 2.96. The highest BCUT2D eigenvalue weighted by Gasteiger charge is 2.51. The fraction of sp³-hybridized carbons (Fsp3) is 1.00. The van der Waals surface area contributed by atoms with E-state index in [9.17, 15) is 0 Å². The summed E-state index contributed by atoms with van der Waals surface area (Å²) in [6.07, 6.45) is 6.24. The van der Waals surface area contributed by atoms with Crippen LogP contribution in [-0.4, -0.2) is 18.8 Å². The molecule has 2 N–H and O–H groups in total. The average Bonchev–Trinajstić information content (AvgIpc) is 2.24. The van der Waals surface area contributed by atoms with Crippen LogP contribution in [0.1, 0.15) is 59.8 Å². The van der Waals surface area contributed by atoms with Crippen molar-refractivity contribution in [1.29, 1.82) is 0 Å². The summed E-state index contributed by atoms with van der Waals surface area (Å²) in [4.78, 5) is 0. The molecule has 96 valence electrons. The van der Waals surface area contributed by atoms with Crippen molar-refractivity contribution in [2.24, 2.45) is 17.1 Å². The van der Waals surface area contributed by atoms with Crippen LogP contribution in [0.2, 0.25) is 0 Å². The number of nitrogens with two attached hydrogens (primary N) is 1. The van der Waals surface area contributed by atoms with Gasteiger partial charge in [-0.3, -0.25) is 0 Å². The maximum atomic E-state index is 6.14. The predicted octanol–water partition coefficient (Wildman–Crippen LogP) is 3.35. The van der Waals surface area contributed by atoms with E-state index in [1.165, 1.54) is 12.8 Å². The maximum Gasteiger partial charge on any atom is 0.0660 e. The van der Waals surface area contributed by atoms with Crippen LogP contribution in [0.4, 0.5) is 0 Å². The minimum absolute atomic E-state index is 0.276. The summed E-state index contributed by atoms with van der Waals surface area (Å²) in [6.45, 7) is 9.93. The zero-order valence-corrected chi connectivity index (χ0v) is 11.5. The molecule has 0 aliphatic heterocycles. The van der Waals surface area contributed by atoms with E-state index in [4.69, 9.17) is 10.5 Å². The minimum atomic E-state index is 0.276. The molecule has 2 heteroatoms. The molecule has 0 spiro atoms. The molecule has 0 amide bonds. The van der Waals surface area contributed by atoms with Crippen LogP contribution in [0.5, 0.6) is 0 Å². The summed E-state index contributed by atoms with van der Waals surface area (Å²) in [5.41, 5.74) is 6.42. The lowest BCUT2D eigenvalue weighted by atomic mass is 9.59. The Bertz CT molecular complexity index is 199. The lowest BCUT2D eigenvalue weighted by Gasteiger charge is -2.53. The molecular formula is C14H29NO. The Hall–Kier alpha value is -0.0800. The van der Waals surface area contributed by atoms with Crippen molar-refractivity contribution in [1.82, 2.24) is 0 Å². The lowest BCUT2D eigenvalue weighted by molar-refractivity contribution is -0.131. The Morgan fingerprint density at radius 1 is 1.31 bits per heavy atom. The topological polar surface area (TPSA) is 35.2 Å². The first-order valence-corrected chi connectivity index (χ1v) is 6.94. The molecule has 16 heavy (non-hydrogen) atoms. The summed E-state index contributed by atoms with van der Waals surface area (Å²) in [5, 5.41) is 0. The van der Waals surface area contributed by atoms with E-state index < -0.39 is 0 Å². The third-order valence-corrected chi connectivity index (χ3v) is 4.41. The van der Waals surface area contributed by atoms with Gasteiger partial charge >= 0.3 is 0 Å². The maximum absolute atomic E-state index is 6.14. The van der Waals surface area contributed by atoms with Gasteiger partial charge in [0.1, 0.15) is 0 Å². The van der Waals surface area contributed by atoms with Crippen LogP contribution in [0.15, 0.2) is 0 Å². The number of hydrogen-bond acceptors (Lipinski definition) is 2. The smallest absolute Gasteiger partial charge is 0.0660 e. The molecule has 0 radical (unpaired) electrons. The van der Waals surface area contributed by atoms with Gasteiger partial charge in [0.2, 0.25) is 0 Å². The molecule has 0 aromatic rings. The van der Waals surface area contributed by atoms with Crippen LogP contribution in [0.25, 0.3) is 0 Å². The van der Waals surface area contributed by atoms with Crippen LogP contribution in [-0.2, 0) is 4.74 Å². The molecule has 0 bridgehead atoms. The van der Waals surface area contributed by atoms with Gasteiger partial charge in [0.25, 0.3) is 0 Å². The van der Waals surface area contributed by atoms with Gasteiger partial charge in [0, 0.05) is 18.1 Å². The second-order valence-corrected chi connectivity index (χ2v) is 5.68. The van der Waals surface area contributed by atoms with E-state index in [1.807, 2.05) is 0 Å². The first kappa shape index (κ1) is 14.0. The van der Waals surface area contributed by atoms with Gasteiger partial charge in [-0.1, -0.05) is 27.7 Å². The Morgan fingerprint density at radius 2 is 1.94 bits per heavy atom. The second kappa shape index (κ2) is 6.02. The number of hydrogen-bond donors (Lipinski definition) is 1. The van der Waals surface area contributed by atoms with Crippen LogP contribution in [0.3, 0.4) is 0 Å². The van der Waals surface area contributed by atoms with Crippen molar-refractivity contribution in [2.45, 2.75) is 71.9 Å². The molecule has 1 aliphatic rings. The zero-order valence-electron chi connectivity index (χ0n) is 11.5. The summed E-state index contributed by atoms with van der Waals surface area (Å²) >= 11 is 0. The van der Waals surface area contributed by atoms with Crippen LogP contribution in [0, 0.1) is 11.3 Å².